The molecule has 2 N–H and O–H groups in total. The average Bonchev–Trinajstić information content (AvgIpc) is 2.26. The molecule has 0 spiro atoms. The van der Waals surface area contributed by atoms with E-state index >= 15 is 0 Å². The van der Waals surface area contributed by atoms with Crippen LogP contribution < -0.4 is 10.5 Å². The van der Waals surface area contributed by atoms with Crippen LogP contribution in [-0.4, -0.2) is 7.11 Å². The SMILES string of the molecule is COc1c(C)cc(C(N)C(C)C(C)C)cc1C. The molecule has 0 aliphatic carbocycles. The maximum Gasteiger partial charge on any atom is 0.124 e. The summed E-state index contributed by atoms with van der Waals surface area (Å²) in [5, 5.41) is 0. The average molecular weight is 235 g/mol. The third-order valence-electron chi connectivity index (χ3n) is 3.69. The molecule has 0 amide bonds. The molecule has 17 heavy (non-hydrogen) atoms. The first-order chi connectivity index (χ1) is 7.88. The quantitative estimate of drug-likeness (QED) is 0.865. The number of rotatable bonds is 4. The minimum Gasteiger partial charge on any atom is -0.496 e. The second-order valence-corrected chi connectivity index (χ2v) is 5.32. The van der Waals surface area contributed by atoms with Crippen molar-refractivity contribution in [2.24, 2.45) is 17.6 Å². The fourth-order valence-electron chi connectivity index (χ4n) is 2.22. The van der Waals surface area contributed by atoms with Crippen molar-refractivity contribution in [1.82, 2.24) is 0 Å². The normalized spacial score (nSPS) is 14.8. The van der Waals surface area contributed by atoms with Gasteiger partial charge >= 0.3 is 0 Å². The lowest BCUT2D eigenvalue weighted by molar-refractivity contribution is 0.351. The molecule has 0 heterocycles. The molecule has 0 aliphatic rings. The summed E-state index contributed by atoms with van der Waals surface area (Å²) in [5.74, 6) is 2.04. The van der Waals surface area contributed by atoms with Crippen molar-refractivity contribution in [3.63, 3.8) is 0 Å². The zero-order chi connectivity index (χ0) is 13.2. The molecule has 2 nitrogen and oxygen atoms in total. The van der Waals surface area contributed by atoms with Crippen LogP contribution in [0.15, 0.2) is 12.1 Å². The topological polar surface area (TPSA) is 35.2 Å². The highest BCUT2D eigenvalue weighted by Gasteiger charge is 2.19. The van der Waals surface area contributed by atoms with Crippen LogP contribution in [-0.2, 0) is 0 Å². The van der Waals surface area contributed by atoms with E-state index in [2.05, 4.69) is 46.8 Å². The van der Waals surface area contributed by atoms with Crippen molar-refractivity contribution in [2.75, 3.05) is 7.11 Å². The van der Waals surface area contributed by atoms with Crippen LogP contribution in [0.25, 0.3) is 0 Å². The van der Waals surface area contributed by atoms with Gasteiger partial charge in [-0.3, -0.25) is 0 Å². The van der Waals surface area contributed by atoms with Crippen LogP contribution in [0, 0.1) is 25.7 Å². The van der Waals surface area contributed by atoms with E-state index in [9.17, 15) is 0 Å². The number of methoxy groups -OCH3 is 1. The summed E-state index contributed by atoms with van der Waals surface area (Å²) in [7, 11) is 1.71. The van der Waals surface area contributed by atoms with Crippen molar-refractivity contribution in [2.45, 2.75) is 40.7 Å². The molecule has 2 atom stereocenters. The molecule has 2 heteroatoms. The maximum atomic E-state index is 6.33. The fourth-order valence-corrected chi connectivity index (χ4v) is 2.22. The van der Waals surface area contributed by atoms with Gasteiger partial charge in [-0.2, -0.15) is 0 Å². The molecule has 0 radical (unpaired) electrons. The number of hydrogen-bond acceptors (Lipinski definition) is 2. The highest BCUT2D eigenvalue weighted by atomic mass is 16.5. The molecule has 1 rings (SSSR count). The number of ether oxygens (including phenoxy) is 1. The molecule has 2 unspecified atom stereocenters. The molecule has 0 saturated carbocycles. The van der Waals surface area contributed by atoms with Crippen molar-refractivity contribution in [1.29, 1.82) is 0 Å². The summed E-state index contributed by atoms with van der Waals surface area (Å²) in [5.41, 5.74) is 9.86. The smallest absolute Gasteiger partial charge is 0.124 e. The summed E-state index contributed by atoms with van der Waals surface area (Å²) >= 11 is 0. The predicted octanol–water partition coefficient (Wildman–Crippen LogP) is 3.60. The standard InChI is InChI=1S/C15H25NO/c1-9(2)12(5)14(16)13-7-10(3)15(17-6)11(4)8-13/h7-9,12,14H,16H2,1-6H3. The Balaban J connectivity index is 3.08. The molecular formula is C15H25NO. The van der Waals surface area contributed by atoms with E-state index < -0.39 is 0 Å². The molecule has 96 valence electrons. The lowest BCUT2D eigenvalue weighted by Gasteiger charge is -2.25. The third-order valence-corrected chi connectivity index (χ3v) is 3.69. The van der Waals surface area contributed by atoms with Gasteiger partial charge in [-0.15, -0.1) is 0 Å². The Morgan fingerprint density at radius 1 is 1.06 bits per heavy atom. The van der Waals surface area contributed by atoms with Gasteiger partial charge in [0.15, 0.2) is 0 Å². The van der Waals surface area contributed by atoms with Crippen LogP contribution in [0.2, 0.25) is 0 Å². The summed E-state index contributed by atoms with van der Waals surface area (Å²) in [6, 6.07) is 4.39. The lowest BCUT2D eigenvalue weighted by atomic mass is 9.85. The van der Waals surface area contributed by atoms with E-state index in [0.29, 0.717) is 11.8 Å². The summed E-state index contributed by atoms with van der Waals surface area (Å²) in [4.78, 5) is 0. The number of aryl methyl sites for hydroxylation is 2. The van der Waals surface area contributed by atoms with Crippen LogP contribution in [0.1, 0.15) is 43.5 Å². The molecule has 0 saturated heterocycles. The fraction of sp³-hybridized carbons (Fsp3) is 0.600. The van der Waals surface area contributed by atoms with Crippen molar-refractivity contribution < 1.29 is 4.74 Å². The molecule has 0 fully saturated rings. The molecular weight excluding hydrogens is 210 g/mol. The second-order valence-electron chi connectivity index (χ2n) is 5.32. The summed E-state index contributed by atoms with van der Waals surface area (Å²) < 4.78 is 5.38. The minimum atomic E-state index is 0.0957. The van der Waals surface area contributed by atoms with E-state index in [1.165, 1.54) is 5.56 Å². The lowest BCUT2D eigenvalue weighted by Crippen LogP contribution is -2.23. The number of hydrogen-bond donors (Lipinski definition) is 1. The Morgan fingerprint density at radius 3 is 1.88 bits per heavy atom. The Kier molecular flexibility index (Phi) is 4.58. The van der Waals surface area contributed by atoms with Crippen molar-refractivity contribution >= 4 is 0 Å². The number of benzene rings is 1. The zero-order valence-electron chi connectivity index (χ0n) is 11.9. The largest absolute Gasteiger partial charge is 0.496 e. The number of nitrogens with two attached hydrogens (primary N) is 1. The van der Waals surface area contributed by atoms with Crippen LogP contribution in [0.5, 0.6) is 5.75 Å². The highest BCUT2D eigenvalue weighted by molar-refractivity contribution is 5.44. The van der Waals surface area contributed by atoms with Crippen molar-refractivity contribution in [3.8, 4) is 5.75 Å². The molecule has 0 bridgehead atoms. The van der Waals surface area contributed by atoms with E-state index in [-0.39, 0.29) is 6.04 Å². The Bertz CT molecular complexity index is 362. The van der Waals surface area contributed by atoms with E-state index in [0.717, 1.165) is 16.9 Å². The molecule has 0 aromatic heterocycles. The van der Waals surface area contributed by atoms with Gasteiger partial charge in [-0.1, -0.05) is 32.9 Å². The van der Waals surface area contributed by atoms with Gasteiger partial charge in [-0.05, 0) is 42.4 Å². The van der Waals surface area contributed by atoms with E-state index in [1.807, 2.05) is 0 Å². The summed E-state index contributed by atoms with van der Waals surface area (Å²) in [6.45, 7) is 10.8. The van der Waals surface area contributed by atoms with Gasteiger partial charge in [0.25, 0.3) is 0 Å². The molecule has 1 aromatic rings. The van der Waals surface area contributed by atoms with Gasteiger partial charge in [0.1, 0.15) is 5.75 Å². The molecule has 0 aliphatic heterocycles. The van der Waals surface area contributed by atoms with Gasteiger partial charge in [0.05, 0.1) is 7.11 Å². The minimum absolute atomic E-state index is 0.0957. The van der Waals surface area contributed by atoms with Crippen LogP contribution in [0.4, 0.5) is 0 Å². The zero-order valence-corrected chi connectivity index (χ0v) is 11.9. The van der Waals surface area contributed by atoms with Gasteiger partial charge in [-0.25, -0.2) is 0 Å². The van der Waals surface area contributed by atoms with Gasteiger partial charge in [0, 0.05) is 6.04 Å². The highest BCUT2D eigenvalue weighted by Crippen LogP contribution is 2.31. The Labute approximate surface area is 105 Å². The van der Waals surface area contributed by atoms with Gasteiger partial charge in [0.2, 0.25) is 0 Å². The summed E-state index contributed by atoms with van der Waals surface area (Å²) in [6.07, 6.45) is 0. The van der Waals surface area contributed by atoms with E-state index in [1.54, 1.807) is 7.11 Å². The Hall–Kier alpha value is -1.02. The predicted molar refractivity (Wildman–Crippen MR) is 73.4 cm³/mol. The van der Waals surface area contributed by atoms with Crippen LogP contribution >= 0.6 is 0 Å². The van der Waals surface area contributed by atoms with Crippen molar-refractivity contribution in [3.05, 3.63) is 28.8 Å². The Morgan fingerprint density at radius 2 is 1.53 bits per heavy atom. The van der Waals surface area contributed by atoms with E-state index in [4.69, 9.17) is 10.5 Å². The monoisotopic (exact) mass is 235 g/mol. The van der Waals surface area contributed by atoms with Gasteiger partial charge < -0.3 is 10.5 Å². The maximum absolute atomic E-state index is 6.33. The first-order valence-electron chi connectivity index (χ1n) is 6.29. The first kappa shape index (κ1) is 14.0. The third kappa shape index (κ3) is 3.01. The molecule has 1 aromatic carbocycles. The van der Waals surface area contributed by atoms with Crippen LogP contribution in [0.3, 0.4) is 0 Å². The first-order valence-corrected chi connectivity index (χ1v) is 6.29. The second kappa shape index (κ2) is 5.54.